The number of anilines is 1. The Morgan fingerprint density at radius 2 is 1.78 bits per heavy atom. The third-order valence-corrected chi connectivity index (χ3v) is 10.2. The van der Waals surface area contributed by atoms with Crippen LogP contribution in [0.4, 0.5) is 5.69 Å². The molecule has 0 bridgehead atoms. The van der Waals surface area contributed by atoms with Crippen LogP contribution in [-0.2, 0) is 20.2 Å². The first-order valence-electron chi connectivity index (χ1n) is 11.6. The minimum atomic E-state index is -3.86. The molecule has 166 valence electrons. The summed E-state index contributed by atoms with van der Waals surface area (Å²) < 4.78 is 29.5. The maximum Gasteiger partial charge on any atom is 0.268 e. The molecular formula is C26H28N2O3S. The molecular weight excluding hydrogens is 420 g/mol. The second-order valence-electron chi connectivity index (χ2n) is 9.77. The first kappa shape index (κ1) is 20.2. The van der Waals surface area contributed by atoms with Crippen molar-refractivity contribution in [2.45, 2.75) is 55.9 Å². The van der Waals surface area contributed by atoms with Gasteiger partial charge in [0.15, 0.2) is 5.78 Å². The summed E-state index contributed by atoms with van der Waals surface area (Å²) in [4.78, 5) is 16.4. The van der Waals surface area contributed by atoms with Gasteiger partial charge in [0.05, 0.1) is 21.7 Å². The van der Waals surface area contributed by atoms with Gasteiger partial charge in [0.25, 0.3) is 10.0 Å². The van der Waals surface area contributed by atoms with E-state index in [2.05, 4.69) is 17.9 Å². The number of para-hydroxylation sites is 1. The van der Waals surface area contributed by atoms with Crippen molar-refractivity contribution in [1.29, 1.82) is 0 Å². The van der Waals surface area contributed by atoms with Crippen LogP contribution in [0.25, 0.3) is 0 Å². The number of aryl methyl sites for hydroxylation is 1. The molecule has 6 rings (SSSR count). The van der Waals surface area contributed by atoms with Gasteiger partial charge >= 0.3 is 0 Å². The smallest absolute Gasteiger partial charge is 0.268 e. The number of rotatable bonds is 3. The number of ketones is 1. The zero-order valence-corrected chi connectivity index (χ0v) is 19.4. The summed E-state index contributed by atoms with van der Waals surface area (Å²) >= 11 is 0. The Bertz CT molecular complexity index is 1270. The molecule has 32 heavy (non-hydrogen) atoms. The highest BCUT2D eigenvalue weighted by molar-refractivity contribution is 7.93. The van der Waals surface area contributed by atoms with Crippen LogP contribution in [0.15, 0.2) is 65.2 Å². The largest absolute Gasteiger partial charge is 0.298 e. The maximum atomic E-state index is 14.0. The van der Waals surface area contributed by atoms with E-state index in [0.29, 0.717) is 11.4 Å². The van der Waals surface area contributed by atoms with E-state index in [9.17, 15) is 13.2 Å². The topological polar surface area (TPSA) is 57.7 Å². The molecule has 5 nitrogen and oxygen atoms in total. The molecule has 6 heteroatoms. The number of hydrogen-bond acceptors (Lipinski definition) is 4. The number of benzene rings is 2. The summed E-state index contributed by atoms with van der Waals surface area (Å²) in [5.74, 6) is 0.0964. The highest BCUT2D eigenvalue weighted by atomic mass is 32.2. The normalized spacial score (nSPS) is 31.2. The predicted octanol–water partition coefficient (Wildman–Crippen LogP) is 4.17. The lowest BCUT2D eigenvalue weighted by Crippen LogP contribution is -2.62. The van der Waals surface area contributed by atoms with Crippen molar-refractivity contribution in [1.82, 2.24) is 4.90 Å². The molecule has 1 spiro atoms. The molecule has 1 aliphatic carbocycles. The van der Waals surface area contributed by atoms with Gasteiger partial charge in [-0.2, -0.15) is 0 Å². The van der Waals surface area contributed by atoms with E-state index in [1.807, 2.05) is 37.3 Å². The first-order chi connectivity index (χ1) is 15.4. The lowest BCUT2D eigenvalue weighted by molar-refractivity contribution is -0.133. The number of allylic oxidation sites excluding steroid dienone is 1. The van der Waals surface area contributed by atoms with Crippen LogP contribution in [0.2, 0.25) is 0 Å². The second-order valence-corrected chi connectivity index (χ2v) is 11.6. The zero-order chi connectivity index (χ0) is 22.3. The highest BCUT2D eigenvalue weighted by Crippen LogP contribution is 2.65. The van der Waals surface area contributed by atoms with Crippen molar-refractivity contribution in [3.63, 3.8) is 0 Å². The van der Waals surface area contributed by atoms with Gasteiger partial charge in [0, 0.05) is 17.5 Å². The van der Waals surface area contributed by atoms with Crippen LogP contribution in [0.3, 0.4) is 0 Å². The average molecular weight is 449 g/mol. The minimum absolute atomic E-state index is 0.0145. The van der Waals surface area contributed by atoms with Gasteiger partial charge in [0.1, 0.15) is 0 Å². The fraction of sp³-hybridized carbons (Fsp3) is 0.423. The molecule has 2 aromatic carbocycles. The SMILES string of the molecule is CC[C@]12CCCN3CC[C@]4(C(=CC1=O)N(S(=O)(=O)c1ccc(C)cc1)c1ccccc14)[C@@H]32. The second kappa shape index (κ2) is 6.55. The zero-order valence-electron chi connectivity index (χ0n) is 18.5. The third-order valence-electron chi connectivity index (χ3n) is 8.44. The van der Waals surface area contributed by atoms with Crippen LogP contribution in [0.5, 0.6) is 0 Å². The Kier molecular flexibility index (Phi) is 4.13. The monoisotopic (exact) mass is 448 g/mol. The van der Waals surface area contributed by atoms with Crippen molar-refractivity contribution in [2.75, 3.05) is 17.4 Å². The Labute approximate surface area is 189 Å². The van der Waals surface area contributed by atoms with E-state index >= 15 is 0 Å². The maximum absolute atomic E-state index is 14.0. The Morgan fingerprint density at radius 3 is 2.53 bits per heavy atom. The molecule has 0 N–H and O–H groups in total. The van der Waals surface area contributed by atoms with Crippen molar-refractivity contribution >= 4 is 21.5 Å². The van der Waals surface area contributed by atoms with Crippen LogP contribution in [0.1, 0.15) is 43.7 Å². The summed E-state index contributed by atoms with van der Waals surface area (Å²) in [5.41, 5.74) is 2.53. The Hall–Kier alpha value is -2.44. The number of hydrogen-bond donors (Lipinski definition) is 0. The van der Waals surface area contributed by atoms with Gasteiger partial charge in [-0.25, -0.2) is 12.7 Å². The van der Waals surface area contributed by atoms with E-state index in [0.717, 1.165) is 49.9 Å². The number of fused-ring (bicyclic) bond motifs is 1. The molecule has 3 atom stereocenters. The molecule has 0 aromatic heterocycles. The first-order valence-corrected chi connectivity index (χ1v) is 13.0. The molecule has 0 amide bonds. The van der Waals surface area contributed by atoms with E-state index in [-0.39, 0.29) is 16.7 Å². The molecule has 0 radical (unpaired) electrons. The van der Waals surface area contributed by atoms with Crippen LogP contribution in [0, 0.1) is 12.3 Å². The third kappa shape index (κ3) is 2.27. The van der Waals surface area contributed by atoms with Gasteiger partial charge < -0.3 is 0 Å². The van der Waals surface area contributed by atoms with Gasteiger partial charge in [0.2, 0.25) is 0 Å². The number of carbonyl (C=O) groups is 1. The number of nitrogens with zero attached hydrogens (tertiary/aromatic N) is 2. The van der Waals surface area contributed by atoms with Gasteiger partial charge in [-0.15, -0.1) is 0 Å². The van der Waals surface area contributed by atoms with Crippen molar-refractivity contribution < 1.29 is 13.2 Å². The number of carbonyl (C=O) groups excluding carboxylic acids is 1. The minimum Gasteiger partial charge on any atom is -0.298 e. The Morgan fingerprint density at radius 1 is 1.03 bits per heavy atom. The summed E-state index contributed by atoms with van der Waals surface area (Å²) in [5, 5.41) is 0. The van der Waals surface area contributed by atoms with Crippen LogP contribution in [-0.4, -0.2) is 38.2 Å². The van der Waals surface area contributed by atoms with Gasteiger partial charge in [-0.05, 0) is 69.5 Å². The summed E-state index contributed by atoms with van der Waals surface area (Å²) in [7, 11) is -3.86. The molecule has 0 unspecified atom stereocenters. The van der Waals surface area contributed by atoms with Crippen molar-refractivity contribution in [3.8, 4) is 0 Å². The standard InChI is InChI=1S/C26H28N2O3S/c1-3-25-13-6-15-27-16-14-26(24(25)27)20-7-4-5-8-21(20)28(22(26)17-23(25)29)32(30,31)19-11-9-18(2)10-12-19/h4-5,7-12,17,24H,3,6,13-16H2,1-2H3/t24-,25-,26-/m0/s1. The average Bonchev–Trinajstić information content (AvgIpc) is 3.32. The Balaban J connectivity index is 1.64. The van der Waals surface area contributed by atoms with Gasteiger partial charge in [-0.1, -0.05) is 42.8 Å². The number of piperidine rings is 1. The van der Waals surface area contributed by atoms with E-state index in [4.69, 9.17) is 0 Å². The summed E-state index contributed by atoms with van der Waals surface area (Å²) in [6.45, 7) is 5.93. The van der Waals surface area contributed by atoms with E-state index < -0.39 is 20.9 Å². The lowest BCUT2D eigenvalue weighted by Gasteiger charge is -2.54. The number of sulfonamides is 1. The fourth-order valence-corrected chi connectivity index (χ4v) is 8.64. The lowest BCUT2D eigenvalue weighted by atomic mass is 9.55. The fourth-order valence-electron chi connectivity index (χ4n) is 7.05. The summed E-state index contributed by atoms with van der Waals surface area (Å²) in [6.07, 6.45) is 5.21. The van der Waals surface area contributed by atoms with Crippen molar-refractivity contribution in [3.05, 3.63) is 71.4 Å². The molecule has 2 saturated heterocycles. The van der Waals surface area contributed by atoms with E-state index in [1.165, 1.54) is 4.31 Å². The van der Waals surface area contributed by atoms with Gasteiger partial charge in [-0.3, -0.25) is 9.69 Å². The summed E-state index contributed by atoms with van der Waals surface area (Å²) in [6, 6.07) is 14.9. The molecule has 3 heterocycles. The van der Waals surface area contributed by atoms with Crippen molar-refractivity contribution in [2.24, 2.45) is 5.41 Å². The molecule has 2 aromatic rings. The molecule has 0 saturated carbocycles. The molecule has 4 aliphatic rings. The quantitative estimate of drug-likeness (QED) is 0.707. The van der Waals surface area contributed by atoms with Crippen LogP contribution >= 0.6 is 0 Å². The predicted molar refractivity (Wildman–Crippen MR) is 124 cm³/mol. The molecule has 2 fully saturated rings. The highest BCUT2D eigenvalue weighted by Gasteiger charge is 2.69. The van der Waals surface area contributed by atoms with Crippen LogP contribution < -0.4 is 4.31 Å². The molecule has 3 aliphatic heterocycles. The van der Waals surface area contributed by atoms with E-state index in [1.54, 1.807) is 18.2 Å².